The second-order valence-electron chi connectivity index (χ2n) is 13.8. The monoisotopic (exact) mass is 662 g/mol. The molecule has 14 heteroatoms. The summed E-state index contributed by atoms with van der Waals surface area (Å²) >= 11 is 0.920. The van der Waals surface area contributed by atoms with Crippen molar-refractivity contribution in [3.63, 3.8) is 0 Å². The molecule has 3 N–H and O–H groups in total. The molecule has 244 valence electrons. The van der Waals surface area contributed by atoms with Crippen LogP contribution in [0.1, 0.15) is 56.6 Å². The normalized spacial score (nSPS) is 27.2. The number of fused-ring (bicyclic) bond motifs is 5. The van der Waals surface area contributed by atoms with Crippen molar-refractivity contribution in [3.05, 3.63) is 39.7 Å². The number of nitrogen functional groups attached to an aromatic ring is 1. The first-order valence-corrected chi connectivity index (χ1v) is 17.2. The first-order chi connectivity index (χ1) is 22.7. The van der Waals surface area contributed by atoms with Crippen LogP contribution in [-0.2, 0) is 0 Å². The molecule has 1 aromatic carbocycles. The lowest BCUT2D eigenvalue weighted by Gasteiger charge is -2.34. The average molecular weight is 663 g/mol. The van der Waals surface area contributed by atoms with E-state index in [4.69, 9.17) is 15.5 Å². The van der Waals surface area contributed by atoms with E-state index in [-0.39, 0.29) is 73.6 Å². The van der Waals surface area contributed by atoms with E-state index in [0.29, 0.717) is 44.7 Å². The van der Waals surface area contributed by atoms with Gasteiger partial charge in [-0.05, 0) is 57.2 Å². The summed E-state index contributed by atoms with van der Waals surface area (Å²) in [4.78, 5) is 28.1. The number of piperazine rings is 1. The molecular weight excluding hydrogens is 629 g/mol. The molecule has 10 nitrogen and oxygen atoms in total. The maximum Gasteiger partial charge on any atom is 0.319 e. The number of ether oxygens (including phenoxy) is 1. The Morgan fingerprint density at radius 3 is 2.66 bits per heavy atom. The lowest BCUT2D eigenvalue weighted by Crippen LogP contribution is -2.51. The third-order valence-electron chi connectivity index (χ3n) is 10.8. The smallest absolute Gasteiger partial charge is 0.319 e. The summed E-state index contributed by atoms with van der Waals surface area (Å²) < 4.78 is 54.7. The topological polar surface area (TPSA) is 125 Å². The second kappa shape index (κ2) is 10.5. The number of nitrogens with one attached hydrogen (secondary N) is 1. The molecule has 0 spiro atoms. The SMILES string of the molecule is N#Cc1c(N)sc2c(F)ccc(-c3c(F)c4nc(OC[C@@]56CCCN5C[C@H](F)C6)nc(N5CC6CCC(C5)N6)c4c(=O)n3C3CC3)c12. The van der Waals surface area contributed by atoms with Gasteiger partial charge >= 0.3 is 6.01 Å². The predicted octanol–water partition coefficient (Wildman–Crippen LogP) is 4.64. The second-order valence-corrected chi connectivity index (χ2v) is 14.8. The molecule has 9 rings (SSSR count). The molecule has 7 heterocycles. The van der Waals surface area contributed by atoms with Crippen LogP contribution in [0.5, 0.6) is 6.01 Å². The van der Waals surface area contributed by atoms with Crippen LogP contribution in [0.4, 0.5) is 24.0 Å². The summed E-state index contributed by atoms with van der Waals surface area (Å²) in [6.45, 7) is 2.48. The van der Waals surface area contributed by atoms with Crippen molar-refractivity contribution in [1.82, 2.24) is 24.8 Å². The molecule has 4 aromatic rings. The summed E-state index contributed by atoms with van der Waals surface area (Å²) in [6, 6.07) is 4.75. The zero-order valence-electron chi connectivity index (χ0n) is 25.6. The Hall–Kier alpha value is -3.93. The van der Waals surface area contributed by atoms with Gasteiger partial charge in [0, 0.05) is 55.1 Å². The van der Waals surface area contributed by atoms with Gasteiger partial charge in [-0.1, -0.05) is 0 Å². The van der Waals surface area contributed by atoms with E-state index >= 15 is 8.78 Å². The first kappa shape index (κ1) is 29.2. The number of nitriles is 1. The van der Waals surface area contributed by atoms with E-state index in [2.05, 4.69) is 21.3 Å². The van der Waals surface area contributed by atoms with E-state index in [0.717, 1.165) is 43.6 Å². The number of hydrogen-bond acceptors (Lipinski definition) is 10. The molecule has 1 aliphatic carbocycles. The molecule has 3 aromatic heterocycles. The van der Waals surface area contributed by atoms with Crippen LogP contribution in [0.2, 0.25) is 0 Å². The number of halogens is 3. The van der Waals surface area contributed by atoms with E-state index in [1.807, 2.05) is 4.90 Å². The van der Waals surface area contributed by atoms with Crippen LogP contribution in [-0.4, -0.2) is 76.0 Å². The molecule has 0 radical (unpaired) electrons. The van der Waals surface area contributed by atoms with Gasteiger partial charge in [0.05, 0.1) is 21.5 Å². The van der Waals surface area contributed by atoms with Crippen LogP contribution < -0.4 is 26.2 Å². The van der Waals surface area contributed by atoms with Crippen LogP contribution >= 0.6 is 11.3 Å². The maximum absolute atomic E-state index is 17.4. The summed E-state index contributed by atoms with van der Waals surface area (Å²) in [7, 11) is 0. The molecule has 4 saturated heterocycles. The van der Waals surface area contributed by atoms with Gasteiger partial charge in [0.1, 0.15) is 46.4 Å². The number of benzene rings is 1. The molecule has 5 aliphatic rings. The maximum atomic E-state index is 17.4. The molecule has 4 aliphatic heterocycles. The number of aromatic nitrogens is 3. The van der Waals surface area contributed by atoms with Crippen molar-refractivity contribution in [2.75, 3.05) is 43.4 Å². The van der Waals surface area contributed by atoms with Gasteiger partial charge in [0.25, 0.3) is 5.56 Å². The van der Waals surface area contributed by atoms with Crippen LogP contribution in [0.25, 0.3) is 32.2 Å². The Labute approximate surface area is 271 Å². The predicted molar refractivity (Wildman–Crippen MR) is 173 cm³/mol. The van der Waals surface area contributed by atoms with Crippen LogP contribution in [0.3, 0.4) is 0 Å². The molecule has 1 saturated carbocycles. The number of thiophene rings is 1. The molecule has 5 fully saturated rings. The molecular formula is C33H33F3N8O2S. The number of nitrogens with zero attached hydrogens (tertiary/aromatic N) is 6. The van der Waals surface area contributed by atoms with Crippen molar-refractivity contribution >= 4 is 43.1 Å². The highest BCUT2D eigenvalue weighted by Crippen LogP contribution is 2.46. The van der Waals surface area contributed by atoms with Crippen molar-refractivity contribution in [2.45, 2.75) is 74.8 Å². The van der Waals surface area contributed by atoms with E-state index in [1.165, 1.54) is 16.7 Å². The Morgan fingerprint density at radius 2 is 1.91 bits per heavy atom. The number of hydrogen-bond donors (Lipinski definition) is 2. The van der Waals surface area contributed by atoms with Crippen molar-refractivity contribution < 1.29 is 17.9 Å². The highest BCUT2D eigenvalue weighted by Gasteiger charge is 2.49. The Balaban J connectivity index is 1.27. The van der Waals surface area contributed by atoms with E-state index in [1.54, 1.807) is 0 Å². The summed E-state index contributed by atoms with van der Waals surface area (Å²) in [5.41, 5.74) is 5.20. The quantitative estimate of drug-likeness (QED) is 0.304. The number of rotatable bonds is 6. The average Bonchev–Trinajstić information content (AvgIpc) is 3.46. The zero-order valence-corrected chi connectivity index (χ0v) is 26.4. The largest absolute Gasteiger partial charge is 0.461 e. The van der Waals surface area contributed by atoms with E-state index < -0.39 is 28.9 Å². The van der Waals surface area contributed by atoms with Gasteiger partial charge in [-0.2, -0.15) is 15.2 Å². The fourth-order valence-corrected chi connectivity index (χ4v) is 9.51. The van der Waals surface area contributed by atoms with Crippen molar-refractivity contribution in [2.24, 2.45) is 0 Å². The fraction of sp³-hybridized carbons (Fsp3) is 0.515. The molecule has 47 heavy (non-hydrogen) atoms. The first-order valence-electron chi connectivity index (χ1n) is 16.3. The number of pyridine rings is 1. The van der Waals surface area contributed by atoms with Crippen molar-refractivity contribution in [3.8, 4) is 23.3 Å². The molecule has 0 amide bonds. The van der Waals surface area contributed by atoms with Gasteiger partial charge in [0.15, 0.2) is 5.82 Å². The van der Waals surface area contributed by atoms with Gasteiger partial charge in [0.2, 0.25) is 0 Å². The molecule has 2 unspecified atom stereocenters. The molecule has 4 atom stereocenters. The standard InChI is InChI=1S/C33H33F3N8O2S/c34-16-10-33(8-1-9-43(33)12-16)15-46-32-40-26-24(30(41-32)42-13-17-2-3-18(14-42)39-17)31(45)44(19-4-5-19)27(25(26)36)20-6-7-22(35)28-23(20)21(11-37)29(38)47-28/h6-7,16-19,39H,1-5,8-10,12-15,38H2/t16-,17?,18?,33+/m1/s1. The van der Waals surface area contributed by atoms with Gasteiger partial charge in [-0.25, -0.2) is 13.2 Å². The number of anilines is 2. The minimum Gasteiger partial charge on any atom is -0.461 e. The molecule has 2 bridgehead atoms. The Kier molecular flexibility index (Phi) is 6.55. The highest BCUT2D eigenvalue weighted by atomic mass is 32.1. The third kappa shape index (κ3) is 4.46. The highest BCUT2D eigenvalue weighted by molar-refractivity contribution is 7.23. The van der Waals surface area contributed by atoms with Crippen LogP contribution in [0, 0.1) is 23.0 Å². The summed E-state index contributed by atoms with van der Waals surface area (Å²) in [6.07, 6.45) is 4.45. The Morgan fingerprint density at radius 1 is 1.13 bits per heavy atom. The number of alkyl halides is 1. The third-order valence-corrected chi connectivity index (χ3v) is 11.8. The minimum atomic E-state index is -0.943. The van der Waals surface area contributed by atoms with Crippen molar-refractivity contribution in [1.29, 1.82) is 5.26 Å². The number of nitrogens with two attached hydrogens (primary N) is 1. The lowest BCUT2D eigenvalue weighted by atomic mass is 9.95. The van der Waals surface area contributed by atoms with Crippen LogP contribution in [0.15, 0.2) is 16.9 Å². The van der Waals surface area contributed by atoms with Gasteiger partial charge in [-0.3, -0.25) is 9.69 Å². The summed E-state index contributed by atoms with van der Waals surface area (Å²) in [5, 5.41) is 13.9. The fourth-order valence-electron chi connectivity index (χ4n) is 8.56. The zero-order chi connectivity index (χ0) is 32.2. The van der Waals surface area contributed by atoms with Gasteiger partial charge in [-0.15, -0.1) is 11.3 Å². The van der Waals surface area contributed by atoms with Gasteiger partial charge < -0.3 is 25.3 Å². The minimum absolute atomic E-state index is 0.0422. The Bertz CT molecular complexity index is 2060. The van der Waals surface area contributed by atoms with E-state index in [9.17, 15) is 14.4 Å². The summed E-state index contributed by atoms with van der Waals surface area (Å²) in [5.74, 6) is -1.03. The lowest BCUT2D eigenvalue weighted by molar-refractivity contribution is 0.107.